The topological polar surface area (TPSA) is 85.4 Å². The van der Waals surface area contributed by atoms with Crippen LogP contribution in [0.5, 0.6) is 11.5 Å². The summed E-state index contributed by atoms with van der Waals surface area (Å²) in [5.41, 5.74) is 2.00. The zero-order chi connectivity index (χ0) is 28.7. The number of rotatable bonds is 18. The number of hydrogen-bond acceptors (Lipinski definition) is 6. The number of fused-ring (bicyclic) bond motifs is 1. The normalized spacial score (nSPS) is 11.8. The van der Waals surface area contributed by atoms with E-state index in [0.717, 1.165) is 52.8 Å². The van der Waals surface area contributed by atoms with E-state index in [-0.39, 0.29) is 11.9 Å². The third kappa shape index (κ3) is 10.6. The van der Waals surface area contributed by atoms with E-state index in [1.54, 1.807) is 14.0 Å². The Morgan fingerprint density at radius 2 is 1.60 bits per heavy atom. The highest BCUT2D eigenvalue weighted by Crippen LogP contribution is 2.35. The molecule has 3 aromatic rings. The molecule has 0 saturated carbocycles. The molecule has 0 saturated heterocycles. The van der Waals surface area contributed by atoms with Crippen molar-refractivity contribution in [1.82, 2.24) is 15.3 Å². The molecular formula is C32H45BrN4O3. The van der Waals surface area contributed by atoms with Crippen LogP contribution in [-0.2, 0) is 4.79 Å². The van der Waals surface area contributed by atoms with E-state index in [0.29, 0.717) is 18.2 Å². The van der Waals surface area contributed by atoms with Crippen LogP contribution in [0.15, 0.2) is 40.9 Å². The summed E-state index contributed by atoms with van der Waals surface area (Å²) in [6.45, 7) is 7.07. The fourth-order valence-corrected chi connectivity index (χ4v) is 5.20. The monoisotopic (exact) mass is 612 g/mol. The zero-order valence-corrected chi connectivity index (χ0v) is 26.1. The molecule has 2 N–H and O–H groups in total. The van der Waals surface area contributed by atoms with Gasteiger partial charge in [0.05, 0.1) is 25.3 Å². The van der Waals surface area contributed by atoms with Crippen LogP contribution >= 0.6 is 15.9 Å². The van der Waals surface area contributed by atoms with Crippen LogP contribution < -0.4 is 20.1 Å². The van der Waals surface area contributed by atoms with Crippen molar-refractivity contribution in [1.29, 1.82) is 0 Å². The van der Waals surface area contributed by atoms with Gasteiger partial charge in [0.15, 0.2) is 11.5 Å². The van der Waals surface area contributed by atoms with Crippen molar-refractivity contribution in [3.8, 4) is 11.5 Å². The number of aryl methyl sites for hydroxylation is 1. The molecule has 0 aliphatic carbocycles. The maximum Gasteiger partial charge on any atom is 0.216 e. The molecule has 1 amide bonds. The van der Waals surface area contributed by atoms with Gasteiger partial charge in [0, 0.05) is 29.4 Å². The Bertz CT molecular complexity index is 1220. The van der Waals surface area contributed by atoms with Gasteiger partial charge in [0.25, 0.3) is 0 Å². The van der Waals surface area contributed by atoms with Gasteiger partial charge in [0.2, 0.25) is 5.91 Å². The number of nitrogens with one attached hydrogen (secondary N) is 2. The molecule has 0 unspecified atom stereocenters. The Labute approximate surface area is 248 Å². The van der Waals surface area contributed by atoms with Crippen molar-refractivity contribution in [2.45, 2.75) is 91.0 Å². The number of nitrogens with zero attached hydrogens (tertiary/aromatic N) is 2. The first-order valence-corrected chi connectivity index (χ1v) is 15.4. The van der Waals surface area contributed by atoms with E-state index in [9.17, 15) is 4.79 Å². The number of carbonyl (C=O) groups is 1. The number of unbranched alkanes of at least 4 members (excludes halogenated alkanes) is 9. The highest BCUT2D eigenvalue weighted by molar-refractivity contribution is 9.10. The molecule has 1 heterocycles. The lowest BCUT2D eigenvalue weighted by Crippen LogP contribution is -2.20. The average Bonchev–Trinajstić information content (AvgIpc) is 2.92. The summed E-state index contributed by atoms with van der Waals surface area (Å²) < 4.78 is 12.9. The summed E-state index contributed by atoms with van der Waals surface area (Å²) in [5.74, 6) is 2.96. The fourth-order valence-electron chi connectivity index (χ4n) is 4.79. The van der Waals surface area contributed by atoms with Crippen LogP contribution in [0.1, 0.15) is 95.5 Å². The Kier molecular flexibility index (Phi) is 13.5. The Balaban J connectivity index is 1.43. The van der Waals surface area contributed by atoms with E-state index in [1.807, 2.05) is 31.2 Å². The van der Waals surface area contributed by atoms with Gasteiger partial charge in [-0.25, -0.2) is 9.97 Å². The Hall–Kier alpha value is -2.87. The fraction of sp³-hybridized carbons (Fsp3) is 0.531. The molecule has 1 atom stereocenters. The quantitative estimate of drug-likeness (QED) is 0.140. The summed E-state index contributed by atoms with van der Waals surface area (Å²) in [5, 5.41) is 7.32. The number of ether oxygens (including phenoxy) is 2. The molecule has 7 nitrogen and oxygen atoms in total. The molecule has 2 aromatic carbocycles. The SMILES string of the molecule is COc1cc2c(N[C@H](C)c3cccc(Br)c3)nc(C)nc2cc1OCCCCCCCCCCCCNC(C)=O. The largest absolute Gasteiger partial charge is 0.493 e. The summed E-state index contributed by atoms with van der Waals surface area (Å²) >= 11 is 3.56. The van der Waals surface area contributed by atoms with E-state index >= 15 is 0 Å². The van der Waals surface area contributed by atoms with Gasteiger partial charge >= 0.3 is 0 Å². The van der Waals surface area contributed by atoms with Crippen molar-refractivity contribution in [2.24, 2.45) is 0 Å². The first kappa shape index (κ1) is 31.7. The average molecular weight is 614 g/mol. The molecule has 40 heavy (non-hydrogen) atoms. The summed E-state index contributed by atoms with van der Waals surface area (Å²) in [6.07, 6.45) is 12.1. The van der Waals surface area contributed by atoms with Gasteiger partial charge in [-0.2, -0.15) is 0 Å². The number of halogens is 1. The number of amides is 1. The number of carbonyl (C=O) groups excluding carboxylic acids is 1. The zero-order valence-electron chi connectivity index (χ0n) is 24.5. The molecule has 0 fully saturated rings. The van der Waals surface area contributed by atoms with Gasteiger partial charge in [-0.1, -0.05) is 79.4 Å². The standard InChI is InChI=1S/C32H45BrN4O3/c1-23(26-16-15-17-27(33)20-26)35-32-28-21-30(39-4)31(22-29(28)36-24(2)37-32)40-19-14-12-10-8-6-5-7-9-11-13-18-34-25(3)38/h15-17,20-23H,5-14,18-19H2,1-4H3,(H,34,38)(H,35,36,37)/t23-/m1/s1. The van der Waals surface area contributed by atoms with Crippen LogP contribution in [-0.4, -0.2) is 36.1 Å². The second-order valence-electron chi connectivity index (χ2n) is 10.4. The number of hydrogen-bond donors (Lipinski definition) is 2. The predicted molar refractivity (Wildman–Crippen MR) is 167 cm³/mol. The summed E-state index contributed by atoms with van der Waals surface area (Å²) in [6, 6.07) is 12.3. The molecule has 218 valence electrons. The molecule has 0 spiro atoms. The maximum atomic E-state index is 10.9. The smallest absolute Gasteiger partial charge is 0.216 e. The molecule has 3 rings (SSSR count). The number of aromatic nitrogens is 2. The van der Waals surface area contributed by atoms with Gasteiger partial charge in [-0.05, 0) is 50.5 Å². The lowest BCUT2D eigenvalue weighted by atomic mass is 10.1. The molecule has 0 bridgehead atoms. The Morgan fingerprint density at radius 3 is 2.25 bits per heavy atom. The summed E-state index contributed by atoms with van der Waals surface area (Å²) in [4.78, 5) is 20.2. The van der Waals surface area contributed by atoms with Crippen LogP contribution in [0, 0.1) is 6.92 Å². The number of benzene rings is 2. The predicted octanol–water partition coefficient (Wildman–Crippen LogP) is 8.30. The second kappa shape index (κ2) is 17.1. The molecular weight excluding hydrogens is 568 g/mol. The third-order valence-corrected chi connectivity index (χ3v) is 7.49. The lowest BCUT2D eigenvalue weighted by Gasteiger charge is -2.18. The number of anilines is 1. The third-order valence-electron chi connectivity index (χ3n) is 7.00. The van der Waals surface area contributed by atoms with Crippen molar-refractivity contribution in [2.75, 3.05) is 25.6 Å². The van der Waals surface area contributed by atoms with Gasteiger partial charge in [-0.3, -0.25) is 4.79 Å². The molecule has 0 radical (unpaired) electrons. The van der Waals surface area contributed by atoms with Crippen LogP contribution in [0.25, 0.3) is 10.9 Å². The van der Waals surface area contributed by atoms with Crippen molar-refractivity contribution < 1.29 is 14.3 Å². The van der Waals surface area contributed by atoms with Gasteiger partial charge in [-0.15, -0.1) is 0 Å². The van der Waals surface area contributed by atoms with Crippen molar-refractivity contribution in [3.63, 3.8) is 0 Å². The van der Waals surface area contributed by atoms with Crippen molar-refractivity contribution >= 4 is 38.6 Å². The van der Waals surface area contributed by atoms with E-state index in [4.69, 9.17) is 14.5 Å². The maximum absolute atomic E-state index is 10.9. The van der Waals surface area contributed by atoms with Gasteiger partial charge < -0.3 is 20.1 Å². The van der Waals surface area contributed by atoms with Crippen LogP contribution in [0.3, 0.4) is 0 Å². The van der Waals surface area contributed by atoms with Crippen LogP contribution in [0.2, 0.25) is 0 Å². The minimum Gasteiger partial charge on any atom is -0.493 e. The van der Waals surface area contributed by atoms with Crippen molar-refractivity contribution in [3.05, 3.63) is 52.3 Å². The lowest BCUT2D eigenvalue weighted by molar-refractivity contribution is -0.118. The number of methoxy groups -OCH3 is 1. The van der Waals surface area contributed by atoms with E-state index in [1.165, 1.54) is 50.5 Å². The first-order chi connectivity index (χ1) is 19.4. The second-order valence-corrected chi connectivity index (χ2v) is 11.3. The molecule has 8 heteroatoms. The highest BCUT2D eigenvalue weighted by Gasteiger charge is 2.15. The van der Waals surface area contributed by atoms with E-state index < -0.39 is 0 Å². The van der Waals surface area contributed by atoms with E-state index in [2.05, 4.69) is 50.6 Å². The summed E-state index contributed by atoms with van der Waals surface area (Å²) in [7, 11) is 1.67. The van der Waals surface area contributed by atoms with Crippen LogP contribution in [0.4, 0.5) is 5.82 Å². The molecule has 0 aliphatic rings. The minimum absolute atomic E-state index is 0.0660. The Morgan fingerprint density at radius 1 is 0.925 bits per heavy atom. The molecule has 0 aliphatic heterocycles. The molecule has 1 aromatic heterocycles. The highest BCUT2D eigenvalue weighted by atomic mass is 79.9. The van der Waals surface area contributed by atoms with Gasteiger partial charge in [0.1, 0.15) is 11.6 Å². The first-order valence-electron chi connectivity index (χ1n) is 14.6. The minimum atomic E-state index is 0.0660.